The summed E-state index contributed by atoms with van der Waals surface area (Å²) in [7, 11) is -2.05. The molecule has 0 aromatic heterocycles. The fourth-order valence-electron chi connectivity index (χ4n) is 1.68. The molecule has 0 spiro atoms. The fourth-order valence-corrected chi connectivity index (χ4v) is 3.80. The Balaban J connectivity index is 2.75. The summed E-state index contributed by atoms with van der Waals surface area (Å²) in [5.74, 6) is 2.44. The number of nitrogen functional groups attached to an aromatic ring is 1. The van der Waals surface area contributed by atoms with Gasteiger partial charge in [-0.1, -0.05) is 6.92 Å². The Hall–Kier alpha value is -0.920. The van der Waals surface area contributed by atoms with E-state index < -0.39 is 10.0 Å². The van der Waals surface area contributed by atoms with Crippen LogP contribution in [-0.2, 0) is 10.0 Å². The van der Waals surface area contributed by atoms with E-state index in [1.54, 1.807) is 17.8 Å². The van der Waals surface area contributed by atoms with E-state index in [0.717, 1.165) is 17.9 Å². The number of rotatable bonds is 8. The average molecular weight is 318 g/mol. The molecular formula is C13H22N2O3S2. The molecule has 7 heteroatoms. The Morgan fingerprint density at radius 3 is 2.70 bits per heavy atom. The van der Waals surface area contributed by atoms with Crippen LogP contribution >= 0.6 is 11.8 Å². The van der Waals surface area contributed by atoms with Crippen molar-refractivity contribution in [2.75, 3.05) is 24.3 Å². The number of anilines is 1. The van der Waals surface area contributed by atoms with Gasteiger partial charge in [-0.15, -0.1) is 0 Å². The van der Waals surface area contributed by atoms with E-state index in [-0.39, 0.29) is 10.9 Å². The molecule has 1 aromatic rings. The van der Waals surface area contributed by atoms with E-state index in [9.17, 15) is 8.42 Å². The van der Waals surface area contributed by atoms with E-state index in [2.05, 4.69) is 11.6 Å². The summed E-state index contributed by atoms with van der Waals surface area (Å²) in [6.45, 7) is 3.94. The van der Waals surface area contributed by atoms with Gasteiger partial charge in [0.1, 0.15) is 5.75 Å². The van der Waals surface area contributed by atoms with Crippen LogP contribution < -0.4 is 15.2 Å². The summed E-state index contributed by atoms with van der Waals surface area (Å²) < 4.78 is 32.1. The maximum atomic E-state index is 12.2. The SMILES string of the molecule is CCSCCC(C)NS(=O)(=O)c1ccc(OC)c(N)c1. The van der Waals surface area contributed by atoms with Gasteiger partial charge in [-0.25, -0.2) is 13.1 Å². The van der Waals surface area contributed by atoms with Crippen LogP contribution in [0.2, 0.25) is 0 Å². The molecule has 1 atom stereocenters. The number of thioether (sulfide) groups is 1. The first-order valence-corrected chi connectivity index (χ1v) is 9.08. The summed E-state index contributed by atoms with van der Waals surface area (Å²) in [6.07, 6.45) is 0.795. The van der Waals surface area contributed by atoms with Crippen molar-refractivity contribution in [2.45, 2.75) is 31.2 Å². The highest BCUT2D eigenvalue weighted by Gasteiger charge is 2.18. The number of ether oxygens (including phenoxy) is 1. The lowest BCUT2D eigenvalue weighted by Gasteiger charge is -2.14. The molecule has 0 radical (unpaired) electrons. The second-order valence-electron chi connectivity index (χ2n) is 4.41. The summed E-state index contributed by atoms with van der Waals surface area (Å²) in [4.78, 5) is 0.158. The quantitative estimate of drug-likeness (QED) is 0.566. The second-order valence-corrected chi connectivity index (χ2v) is 7.52. The highest BCUT2D eigenvalue weighted by molar-refractivity contribution is 7.99. The second kappa shape index (κ2) is 7.75. The van der Waals surface area contributed by atoms with Crippen molar-refractivity contribution < 1.29 is 13.2 Å². The maximum absolute atomic E-state index is 12.2. The number of benzene rings is 1. The minimum Gasteiger partial charge on any atom is -0.495 e. The van der Waals surface area contributed by atoms with Crippen LogP contribution in [0.5, 0.6) is 5.75 Å². The van der Waals surface area contributed by atoms with E-state index in [4.69, 9.17) is 10.5 Å². The largest absolute Gasteiger partial charge is 0.495 e. The van der Waals surface area contributed by atoms with Gasteiger partial charge in [0.15, 0.2) is 0 Å². The molecule has 1 rings (SSSR count). The minimum absolute atomic E-state index is 0.109. The van der Waals surface area contributed by atoms with Crippen molar-refractivity contribution in [2.24, 2.45) is 0 Å². The summed E-state index contributed by atoms with van der Waals surface area (Å²) in [5.41, 5.74) is 6.05. The molecule has 0 heterocycles. The van der Waals surface area contributed by atoms with Gasteiger partial charge in [0.25, 0.3) is 0 Å². The normalized spacial score (nSPS) is 13.2. The molecule has 0 fully saturated rings. The van der Waals surface area contributed by atoms with Gasteiger partial charge in [0.05, 0.1) is 17.7 Å². The van der Waals surface area contributed by atoms with Gasteiger partial charge < -0.3 is 10.5 Å². The van der Waals surface area contributed by atoms with E-state index in [1.807, 2.05) is 6.92 Å². The van der Waals surface area contributed by atoms with Gasteiger partial charge >= 0.3 is 0 Å². The molecule has 3 N–H and O–H groups in total. The Morgan fingerprint density at radius 2 is 2.15 bits per heavy atom. The number of hydrogen-bond donors (Lipinski definition) is 2. The third-order valence-electron chi connectivity index (χ3n) is 2.77. The van der Waals surface area contributed by atoms with Crippen LogP contribution in [0.25, 0.3) is 0 Å². The molecule has 0 amide bonds. The lowest BCUT2D eigenvalue weighted by atomic mass is 10.3. The van der Waals surface area contributed by atoms with Crippen LogP contribution in [-0.4, -0.2) is 33.1 Å². The Kier molecular flexibility index (Phi) is 6.64. The third kappa shape index (κ3) is 4.88. The predicted molar refractivity (Wildman–Crippen MR) is 84.8 cm³/mol. The highest BCUT2D eigenvalue weighted by atomic mass is 32.2. The molecule has 0 saturated carbocycles. The van der Waals surface area contributed by atoms with Crippen LogP contribution in [0.3, 0.4) is 0 Å². The van der Waals surface area contributed by atoms with Gasteiger partial charge in [-0.05, 0) is 43.0 Å². The fraction of sp³-hybridized carbons (Fsp3) is 0.538. The first-order chi connectivity index (χ1) is 9.40. The van der Waals surface area contributed by atoms with Crippen LogP contribution in [0.1, 0.15) is 20.3 Å². The lowest BCUT2D eigenvalue weighted by Crippen LogP contribution is -2.33. The van der Waals surface area contributed by atoms with Crippen LogP contribution in [0.15, 0.2) is 23.1 Å². The molecule has 0 aliphatic rings. The van der Waals surface area contributed by atoms with E-state index in [1.165, 1.54) is 19.2 Å². The topological polar surface area (TPSA) is 81.4 Å². The molecular weight excluding hydrogens is 296 g/mol. The van der Waals surface area contributed by atoms with Gasteiger partial charge in [-0.3, -0.25) is 0 Å². The predicted octanol–water partition coefficient (Wildman–Crippen LogP) is 2.09. The number of sulfonamides is 1. The summed E-state index contributed by atoms with van der Waals surface area (Å²) >= 11 is 1.79. The highest BCUT2D eigenvalue weighted by Crippen LogP contribution is 2.24. The molecule has 5 nitrogen and oxygen atoms in total. The smallest absolute Gasteiger partial charge is 0.240 e. The summed E-state index contributed by atoms with van der Waals surface area (Å²) in [5, 5.41) is 0. The standard InChI is InChI=1S/C13H22N2O3S2/c1-4-19-8-7-10(2)15-20(16,17)11-5-6-13(18-3)12(14)9-11/h5-6,9-10,15H,4,7-8,14H2,1-3H3. The number of nitrogens with two attached hydrogens (primary N) is 1. The Labute approximate surface area is 125 Å². The third-order valence-corrected chi connectivity index (χ3v) is 5.29. The zero-order valence-electron chi connectivity index (χ0n) is 12.0. The van der Waals surface area contributed by atoms with Crippen LogP contribution in [0, 0.1) is 0 Å². The first-order valence-electron chi connectivity index (χ1n) is 6.44. The molecule has 1 aromatic carbocycles. The monoisotopic (exact) mass is 318 g/mol. The van der Waals surface area contributed by atoms with E-state index >= 15 is 0 Å². The summed E-state index contributed by atoms with van der Waals surface area (Å²) in [6, 6.07) is 4.35. The molecule has 0 aliphatic heterocycles. The Bertz CT molecular complexity index is 532. The van der Waals surface area contributed by atoms with Gasteiger partial charge in [0.2, 0.25) is 10.0 Å². The molecule has 0 saturated heterocycles. The lowest BCUT2D eigenvalue weighted by molar-refractivity contribution is 0.416. The van der Waals surface area contributed by atoms with E-state index in [0.29, 0.717) is 11.4 Å². The van der Waals surface area contributed by atoms with Gasteiger partial charge in [0, 0.05) is 6.04 Å². The van der Waals surface area contributed by atoms with Crippen molar-refractivity contribution >= 4 is 27.5 Å². The number of methoxy groups -OCH3 is 1. The van der Waals surface area contributed by atoms with Crippen molar-refractivity contribution in [3.8, 4) is 5.75 Å². The molecule has 0 bridgehead atoms. The van der Waals surface area contributed by atoms with Gasteiger partial charge in [-0.2, -0.15) is 11.8 Å². The molecule has 1 unspecified atom stereocenters. The zero-order valence-corrected chi connectivity index (χ0v) is 13.7. The van der Waals surface area contributed by atoms with Crippen molar-refractivity contribution in [3.63, 3.8) is 0 Å². The van der Waals surface area contributed by atoms with Crippen LogP contribution in [0.4, 0.5) is 5.69 Å². The Morgan fingerprint density at radius 1 is 1.45 bits per heavy atom. The number of hydrogen-bond acceptors (Lipinski definition) is 5. The van der Waals surface area contributed by atoms with Crippen molar-refractivity contribution in [1.82, 2.24) is 4.72 Å². The zero-order chi connectivity index (χ0) is 15.2. The maximum Gasteiger partial charge on any atom is 0.240 e. The average Bonchev–Trinajstić information content (AvgIpc) is 2.38. The first kappa shape index (κ1) is 17.1. The molecule has 0 aliphatic carbocycles. The minimum atomic E-state index is -3.54. The molecule has 114 valence electrons. The van der Waals surface area contributed by atoms with Crippen molar-refractivity contribution in [3.05, 3.63) is 18.2 Å². The molecule has 20 heavy (non-hydrogen) atoms. The van der Waals surface area contributed by atoms with Crippen molar-refractivity contribution in [1.29, 1.82) is 0 Å². The number of nitrogens with one attached hydrogen (secondary N) is 1.